The van der Waals surface area contributed by atoms with Crippen LogP contribution >= 0.6 is 0 Å². The zero-order chi connectivity index (χ0) is 14.9. The first-order chi connectivity index (χ1) is 9.41. The Labute approximate surface area is 114 Å². The highest BCUT2D eigenvalue weighted by molar-refractivity contribution is 6.00. The minimum absolute atomic E-state index is 0.0348. The molecule has 0 saturated carbocycles. The van der Waals surface area contributed by atoms with Crippen LogP contribution in [-0.2, 0) is 9.59 Å². The van der Waals surface area contributed by atoms with Gasteiger partial charge in [-0.15, -0.1) is 0 Å². The highest BCUT2D eigenvalue weighted by atomic mass is 16.5. The average molecular weight is 278 g/mol. The van der Waals surface area contributed by atoms with E-state index in [0.29, 0.717) is 0 Å². The molecule has 0 aliphatic carbocycles. The molecule has 1 aromatic carbocycles. The van der Waals surface area contributed by atoms with Gasteiger partial charge in [0.15, 0.2) is 6.04 Å². The summed E-state index contributed by atoms with van der Waals surface area (Å²) in [6, 6.07) is 3.14. The molecule has 1 fully saturated rings. The Kier molecular flexibility index (Phi) is 3.82. The number of amides is 3. The molecule has 1 aliphatic heterocycles. The van der Waals surface area contributed by atoms with Crippen LogP contribution in [0.4, 0.5) is 0 Å². The zero-order valence-corrected chi connectivity index (χ0v) is 10.8. The third-order valence-electron chi connectivity index (χ3n) is 3.33. The molecule has 7 heteroatoms. The van der Waals surface area contributed by atoms with E-state index >= 15 is 0 Å². The maximum atomic E-state index is 12.1. The van der Waals surface area contributed by atoms with Crippen LogP contribution in [0.15, 0.2) is 18.2 Å². The number of phenolic OH excluding ortho intramolecular Hbond substituents is 1. The number of phenols is 1. The zero-order valence-electron chi connectivity index (χ0n) is 10.8. The summed E-state index contributed by atoms with van der Waals surface area (Å²) in [5.41, 5.74) is 0.359. The number of carbonyl (C=O) groups is 3. The molecular formula is C13H14N2O5. The number of carbonyl (C=O) groups excluding carboxylic acids is 3. The van der Waals surface area contributed by atoms with Crippen molar-refractivity contribution in [3.63, 3.8) is 0 Å². The Balaban J connectivity index is 2.22. The number of hydroxylamine groups is 2. The molecule has 0 radical (unpaired) electrons. The van der Waals surface area contributed by atoms with Gasteiger partial charge in [-0.2, -0.15) is 0 Å². The Morgan fingerprint density at radius 2 is 2.15 bits per heavy atom. The molecule has 0 bridgehead atoms. The van der Waals surface area contributed by atoms with Crippen molar-refractivity contribution >= 4 is 17.7 Å². The quantitative estimate of drug-likeness (QED) is 0.476. The monoisotopic (exact) mass is 278 g/mol. The number of aromatic hydroxyl groups is 1. The summed E-state index contributed by atoms with van der Waals surface area (Å²) in [4.78, 5) is 34.7. The van der Waals surface area contributed by atoms with Gasteiger partial charge in [-0.3, -0.25) is 20.0 Å². The molecule has 2 unspecified atom stereocenters. The minimum atomic E-state index is -1.14. The molecular weight excluding hydrogens is 264 g/mol. The minimum Gasteiger partial charge on any atom is -0.626 e. The van der Waals surface area contributed by atoms with Crippen molar-refractivity contribution in [2.75, 3.05) is 0 Å². The van der Waals surface area contributed by atoms with Crippen LogP contribution in [0.1, 0.15) is 28.8 Å². The number of quaternary nitrogens is 1. The molecule has 2 atom stereocenters. The van der Waals surface area contributed by atoms with E-state index in [1.54, 1.807) is 0 Å². The molecule has 1 aliphatic rings. The van der Waals surface area contributed by atoms with Crippen molar-refractivity contribution in [1.82, 2.24) is 5.32 Å². The Morgan fingerprint density at radius 1 is 1.45 bits per heavy atom. The van der Waals surface area contributed by atoms with E-state index in [4.69, 9.17) is 0 Å². The second kappa shape index (κ2) is 5.40. The first-order valence-corrected chi connectivity index (χ1v) is 6.12. The van der Waals surface area contributed by atoms with Gasteiger partial charge in [-0.05, 0) is 19.1 Å². The predicted molar refractivity (Wildman–Crippen MR) is 67.7 cm³/mol. The van der Waals surface area contributed by atoms with E-state index in [2.05, 4.69) is 0 Å². The summed E-state index contributed by atoms with van der Waals surface area (Å²) in [7, 11) is 0. The van der Waals surface area contributed by atoms with Crippen LogP contribution in [0.5, 0.6) is 5.75 Å². The van der Waals surface area contributed by atoms with Gasteiger partial charge in [0.1, 0.15) is 5.75 Å². The lowest BCUT2D eigenvalue weighted by Gasteiger charge is -2.30. The molecule has 3 amide bonds. The fraction of sp³-hybridized carbons (Fsp3) is 0.308. The summed E-state index contributed by atoms with van der Waals surface area (Å²) >= 11 is 0. The molecule has 0 aromatic heterocycles. The maximum absolute atomic E-state index is 12.1. The number of hydrogen-bond donors (Lipinski definition) is 3. The van der Waals surface area contributed by atoms with Crippen LogP contribution in [-0.4, -0.2) is 28.9 Å². The van der Waals surface area contributed by atoms with Crippen molar-refractivity contribution in [2.24, 2.45) is 0 Å². The van der Waals surface area contributed by atoms with Gasteiger partial charge in [0.2, 0.25) is 5.91 Å². The lowest BCUT2D eigenvalue weighted by Crippen LogP contribution is -3.15. The number of nitrogens with one attached hydrogen (secondary N) is 2. The lowest BCUT2D eigenvalue weighted by molar-refractivity contribution is -0.777. The summed E-state index contributed by atoms with van der Waals surface area (Å²) in [5, 5.41) is 22.8. The van der Waals surface area contributed by atoms with Crippen molar-refractivity contribution in [3.05, 3.63) is 34.5 Å². The fourth-order valence-corrected chi connectivity index (χ4v) is 2.10. The van der Waals surface area contributed by atoms with E-state index in [1.807, 2.05) is 5.32 Å². The van der Waals surface area contributed by atoms with Crippen molar-refractivity contribution in [2.45, 2.75) is 25.8 Å². The van der Waals surface area contributed by atoms with Gasteiger partial charge in [0.05, 0.1) is 5.56 Å². The molecule has 1 saturated heterocycles. The van der Waals surface area contributed by atoms with E-state index in [9.17, 15) is 24.7 Å². The topological polar surface area (TPSA) is 111 Å². The molecule has 1 heterocycles. The summed E-state index contributed by atoms with van der Waals surface area (Å²) in [6.07, 6.45) is 0.0710. The van der Waals surface area contributed by atoms with Gasteiger partial charge in [-0.25, -0.2) is 4.79 Å². The van der Waals surface area contributed by atoms with Gasteiger partial charge in [0, 0.05) is 18.4 Å². The fourth-order valence-electron chi connectivity index (χ4n) is 2.10. The smallest absolute Gasteiger partial charge is 0.345 e. The van der Waals surface area contributed by atoms with E-state index in [-0.39, 0.29) is 29.7 Å². The van der Waals surface area contributed by atoms with Crippen molar-refractivity contribution in [1.29, 1.82) is 0 Å². The number of rotatable bonds is 2. The lowest BCUT2D eigenvalue weighted by atomic mass is 10.0. The standard InChI is InChI=1S/C13H14N2O5/c1-7-8(3-2-4-10(7)16)13(19)15(20)9-5-6-11(17)14-12(9)18/h2-4,9,15-16H,5-6H2,1H3,(H,14,17,18). The van der Waals surface area contributed by atoms with Gasteiger partial charge >= 0.3 is 5.91 Å². The van der Waals surface area contributed by atoms with Gasteiger partial charge < -0.3 is 10.3 Å². The molecule has 7 nitrogen and oxygen atoms in total. The SMILES string of the molecule is Cc1c(O)cccc1C(=O)[NH+]([O-])C1CCC(=O)NC1=O. The second-order valence-corrected chi connectivity index (χ2v) is 4.65. The second-order valence-electron chi connectivity index (χ2n) is 4.65. The molecule has 20 heavy (non-hydrogen) atoms. The third-order valence-corrected chi connectivity index (χ3v) is 3.33. The van der Waals surface area contributed by atoms with E-state index in [1.165, 1.54) is 25.1 Å². The normalized spacial score (nSPS) is 20.4. The molecule has 106 valence electrons. The van der Waals surface area contributed by atoms with E-state index < -0.39 is 28.8 Å². The number of hydrogen-bond acceptors (Lipinski definition) is 5. The first-order valence-electron chi connectivity index (χ1n) is 6.12. The van der Waals surface area contributed by atoms with Crippen LogP contribution in [0.3, 0.4) is 0 Å². The summed E-state index contributed by atoms with van der Waals surface area (Å²) < 4.78 is 0. The van der Waals surface area contributed by atoms with Crippen molar-refractivity contribution < 1.29 is 24.6 Å². The van der Waals surface area contributed by atoms with Crippen LogP contribution in [0.2, 0.25) is 0 Å². The van der Waals surface area contributed by atoms with Crippen LogP contribution < -0.4 is 10.4 Å². The average Bonchev–Trinajstić information content (AvgIpc) is 2.40. The van der Waals surface area contributed by atoms with E-state index in [0.717, 1.165) is 0 Å². The first kappa shape index (κ1) is 14.2. The van der Waals surface area contributed by atoms with Crippen LogP contribution in [0, 0.1) is 12.1 Å². The van der Waals surface area contributed by atoms with Crippen LogP contribution in [0.25, 0.3) is 0 Å². The largest absolute Gasteiger partial charge is 0.626 e. The highest BCUT2D eigenvalue weighted by Crippen LogP contribution is 2.18. The summed E-state index contributed by atoms with van der Waals surface area (Å²) in [5.74, 6) is -2.10. The van der Waals surface area contributed by atoms with Crippen molar-refractivity contribution in [3.8, 4) is 5.75 Å². The molecule has 3 N–H and O–H groups in total. The third kappa shape index (κ3) is 2.54. The molecule has 1 aromatic rings. The summed E-state index contributed by atoms with van der Waals surface area (Å²) in [6.45, 7) is 1.51. The predicted octanol–water partition coefficient (Wildman–Crippen LogP) is -0.971. The number of imide groups is 1. The number of benzene rings is 1. The Morgan fingerprint density at radius 3 is 2.80 bits per heavy atom. The molecule has 0 spiro atoms. The number of piperidine rings is 1. The maximum Gasteiger partial charge on any atom is 0.345 e. The Hall–Kier alpha value is -2.25. The van der Waals surface area contributed by atoms with Gasteiger partial charge in [0.25, 0.3) is 5.91 Å². The van der Waals surface area contributed by atoms with Gasteiger partial charge in [-0.1, -0.05) is 6.07 Å². The molecule has 2 rings (SSSR count). The highest BCUT2D eigenvalue weighted by Gasteiger charge is 2.35. The Bertz CT molecular complexity index is 584.